The fourth-order valence-electron chi connectivity index (χ4n) is 3.09. The number of amides is 2. The Bertz CT molecular complexity index is 990. The van der Waals surface area contributed by atoms with Gasteiger partial charge < -0.3 is 14.2 Å². The Morgan fingerprint density at radius 3 is 2.33 bits per heavy atom. The highest BCUT2D eigenvalue weighted by atomic mass is 32.2. The molecule has 0 bridgehead atoms. The second-order valence-electron chi connectivity index (χ2n) is 6.87. The quantitative estimate of drug-likeness (QED) is 0.675. The Morgan fingerprint density at radius 1 is 1.07 bits per heavy atom. The maximum absolute atomic E-state index is 12.4. The standard InChI is InChI=1S/C21H25N3O5S/c1-2-20(25)23-11-13-24(14-12-23)21(26)10-7-17-5-8-19(9-6-17)30(27,28)22-16-18-4-3-15-29-18/h3-10,15,22H,2,11-14,16H2,1H3/b10-7+. The summed E-state index contributed by atoms with van der Waals surface area (Å²) in [4.78, 5) is 27.7. The SMILES string of the molecule is CCC(=O)N1CCN(C(=O)/C=C/c2ccc(S(=O)(=O)NCc3ccco3)cc2)CC1. The van der Waals surface area contributed by atoms with E-state index >= 15 is 0 Å². The summed E-state index contributed by atoms with van der Waals surface area (Å²) in [6.07, 6.45) is 5.07. The van der Waals surface area contributed by atoms with Crippen molar-refractivity contribution >= 4 is 27.9 Å². The molecule has 1 aromatic carbocycles. The Morgan fingerprint density at radius 2 is 1.73 bits per heavy atom. The zero-order valence-electron chi connectivity index (χ0n) is 16.8. The molecule has 1 aliphatic rings. The number of carbonyl (C=O) groups excluding carboxylic acids is 2. The second-order valence-corrected chi connectivity index (χ2v) is 8.63. The van der Waals surface area contributed by atoms with E-state index in [2.05, 4.69) is 4.72 Å². The number of benzene rings is 1. The molecule has 0 saturated carbocycles. The first-order valence-electron chi connectivity index (χ1n) is 9.76. The third-order valence-electron chi connectivity index (χ3n) is 4.87. The van der Waals surface area contributed by atoms with Crippen LogP contribution < -0.4 is 4.72 Å². The molecule has 2 heterocycles. The number of rotatable bonds is 7. The van der Waals surface area contributed by atoms with Crippen molar-refractivity contribution in [2.75, 3.05) is 26.2 Å². The molecule has 8 nitrogen and oxygen atoms in total. The van der Waals surface area contributed by atoms with E-state index in [9.17, 15) is 18.0 Å². The van der Waals surface area contributed by atoms with E-state index in [-0.39, 0.29) is 23.3 Å². The van der Waals surface area contributed by atoms with Crippen LogP contribution in [0.15, 0.2) is 58.1 Å². The van der Waals surface area contributed by atoms with Crippen LogP contribution in [-0.4, -0.2) is 56.2 Å². The molecule has 30 heavy (non-hydrogen) atoms. The Balaban J connectivity index is 1.54. The van der Waals surface area contributed by atoms with Crippen LogP contribution in [0.1, 0.15) is 24.7 Å². The fraction of sp³-hybridized carbons (Fsp3) is 0.333. The van der Waals surface area contributed by atoms with Crippen molar-refractivity contribution in [1.82, 2.24) is 14.5 Å². The van der Waals surface area contributed by atoms with Gasteiger partial charge in [0.15, 0.2) is 0 Å². The lowest BCUT2D eigenvalue weighted by molar-refractivity contribution is -0.136. The van der Waals surface area contributed by atoms with Crippen LogP contribution in [0.5, 0.6) is 0 Å². The van der Waals surface area contributed by atoms with Crippen molar-refractivity contribution in [2.45, 2.75) is 24.8 Å². The minimum Gasteiger partial charge on any atom is -0.468 e. The number of carbonyl (C=O) groups is 2. The van der Waals surface area contributed by atoms with Crippen LogP contribution >= 0.6 is 0 Å². The van der Waals surface area contributed by atoms with Gasteiger partial charge in [-0.2, -0.15) is 0 Å². The van der Waals surface area contributed by atoms with Gasteiger partial charge in [0, 0.05) is 38.7 Å². The van der Waals surface area contributed by atoms with Crippen molar-refractivity contribution in [1.29, 1.82) is 0 Å². The second kappa shape index (κ2) is 9.73. The predicted octanol–water partition coefficient (Wildman–Crippen LogP) is 1.85. The lowest BCUT2D eigenvalue weighted by Crippen LogP contribution is -2.50. The number of hydrogen-bond donors (Lipinski definition) is 1. The van der Waals surface area contributed by atoms with Crippen molar-refractivity contribution in [3.05, 3.63) is 60.1 Å². The van der Waals surface area contributed by atoms with Gasteiger partial charge in [-0.05, 0) is 35.9 Å². The summed E-state index contributed by atoms with van der Waals surface area (Å²) < 4.78 is 32.3. The van der Waals surface area contributed by atoms with Crippen LogP contribution in [0.2, 0.25) is 0 Å². The summed E-state index contributed by atoms with van der Waals surface area (Å²) >= 11 is 0. The Hall–Kier alpha value is -2.91. The normalized spacial score (nSPS) is 15.0. The number of sulfonamides is 1. The van der Waals surface area contributed by atoms with Gasteiger partial charge in [-0.25, -0.2) is 13.1 Å². The van der Waals surface area contributed by atoms with Gasteiger partial charge in [-0.3, -0.25) is 9.59 Å². The van der Waals surface area contributed by atoms with Crippen molar-refractivity contribution in [3.63, 3.8) is 0 Å². The van der Waals surface area contributed by atoms with Gasteiger partial charge in [0.1, 0.15) is 5.76 Å². The summed E-state index contributed by atoms with van der Waals surface area (Å²) in [7, 11) is -3.66. The minimum atomic E-state index is -3.66. The van der Waals surface area contributed by atoms with Crippen LogP contribution in [0, 0.1) is 0 Å². The predicted molar refractivity (Wildman–Crippen MR) is 112 cm³/mol. The third-order valence-corrected chi connectivity index (χ3v) is 6.29. The van der Waals surface area contributed by atoms with Gasteiger partial charge in [0.05, 0.1) is 17.7 Å². The summed E-state index contributed by atoms with van der Waals surface area (Å²) in [5, 5.41) is 0. The number of nitrogens with zero attached hydrogens (tertiary/aromatic N) is 2. The van der Waals surface area contributed by atoms with Crippen LogP contribution in [-0.2, 0) is 26.2 Å². The molecule has 1 saturated heterocycles. The highest BCUT2D eigenvalue weighted by Gasteiger charge is 2.22. The topological polar surface area (TPSA) is 99.9 Å². The number of nitrogens with one attached hydrogen (secondary N) is 1. The smallest absolute Gasteiger partial charge is 0.246 e. The molecule has 1 aromatic heterocycles. The van der Waals surface area contributed by atoms with Crippen LogP contribution in [0.3, 0.4) is 0 Å². The number of furan rings is 1. The monoisotopic (exact) mass is 431 g/mol. The first kappa shape index (κ1) is 21.8. The van der Waals surface area contributed by atoms with Gasteiger partial charge >= 0.3 is 0 Å². The molecule has 0 radical (unpaired) electrons. The zero-order valence-corrected chi connectivity index (χ0v) is 17.6. The third kappa shape index (κ3) is 5.58. The van der Waals surface area contributed by atoms with E-state index in [4.69, 9.17) is 4.42 Å². The maximum atomic E-state index is 12.4. The van der Waals surface area contributed by atoms with Gasteiger partial charge in [-0.1, -0.05) is 19.1 Å². The highest BCUT2D eigenvalue weighted by molar-refractivity contribution is 7.89. The van der Waals surface area contributed by atoms with E-state index in [1.165, 1.54) is 24.5 Å². The molecule has 0 spiro atoms. The molecule has 1 N–H and O–H groups in total. The molecule has 0 atom stereocenters. The molecule has 0 aliphatic carbocycles. The summed E-state index contributed by atoms with van der Waals surface area (Å²) in [6.45, 7) is 4.01. The number of piperazine rings is 1. The first-order chi connectivity index (χ1) is 14.4. The van der Waals surface area contributed by atoms with E-state index in [0.717, 1.165) is 0 Å². The van der Waals surface area contributed by atoms with E-state index in [1.54, 1.807) is 40.1 Å². The highest BCUT2D eigenvalue weighted by Crippen LogP contribution is 2.13. The van der Waals surface area contributed by atoms with Gasteiger partial charge in [0.2, 0.25) is 21.8 Å². The zero-order chi connectivity index (χ0) is 21.6. The van der Waals surface area contributed by atoms with E-state index in [0.29, 0.717) is 43.9 Å². The van der Waals surface area contributed by atoms with Crippen LogP contribution in [0.25, 0.3) is 6.08 Å². The van der Waals surface area contributed by atoms with Crippen LogP contribution in [0.4, 0.5) is 0 Å². The van der Waals surface area contributed by atoms with Crippen molar-refractivity contribution < 1.29 is 22.4 Å². The van der Waals surface area contributed by atoms with Gasteiger partial charge in [-0.15, -0.1) is 0 Å². The summed E-state index contributed by atoms with van der Waals surface area (Å²) in [5.41, 5.74) is 0.716. The number of hydrogen-bond acceptors (Lipinski definition) is 5. The van der Waals surface area contributed by atoms with Crippen molar-refractivity contribution in [2.24, 2.45) is 0 Å². The fourth-order valence-corrected chi connectivity index (χ4v) is 4.09. The molecule has 3 rings (SSSR count). The molecular formula is C21H25N3O5S. The van der Waals surface area contributed by atoms with Crippen molar-refractivity contribution in [3.8, 4) is 0 Å². The van der Waals surface area contributed by atoms with Gasteiger partial charge in [0.25, 0.3) is 0 Å². The summed E-state index contributed by atoms with van der Waals surface area (Å²) in [5.74, 6) is 0.498. The molecule has 1 fully saturated rings. The molecule has 9 heteroatoms. The van der Waals surface area contributed by atoms with E-state index in [1.807, 2.05) is 6.92 Å². The molecular weight excluding hydrogens is 406 g/mol. The molecule has 1 aliphatic heterocycles. The lowest BCUT2D eigenvalue weighted by atomic mass is 10.2. The Labute approximate surface area is 176 Å². The maximum Gasteiger partial charge on any atom is 0.246 e. The average molecular weight is 432 g/mol. The first-order valence-corrected chi connectivity index (χ1v) is 11.2. The molecule has 0 unspecified atom stereocenters. The average Bonchev–Trinajstić information content (AvgIpc) is 3.30. The minimum absolute atomic E-state index is 0.0720. The Kier molecular flexibility index (Phi) is 7.07. The lowest BCUT2D eigenvalue weighted by Gasteiger charge is -2.34. The van der Waals surface area contributed by atoms with E-state index < -0.39 is 10.0 Å². The molecule has 160 valence electrons. The molecule has 2 aromatic rings. The largest absolute Gasteiger partial charge is 0.468 e. The molecule has 2 amide bonds. The summed E-state index contributed by atoms with van der Waals surface area (Å²) in [6, 6.07) is 9.64.